The van der Waals surface area contributed by atoms with Crippen LogP contribution in [0.15, 0.2) is 37.2 Å². The number of nitrogen functional groups attached to an aromatic ring is 1. The quantitative estimate of drug-likeness (QED) is 0.492. The van der Waals surface area contributed by atoms with Gasteiger partial charge in [-0.25, -0.2) is 19.9 Å². The molecule has 0 saturated carbocycles. The fourth-order valence-corrected chi connectivity index (χ4v) is 3.14. The zero-order valence-corrected chi connectivity index (χ0v) is 18.1. The van der Waals surface area contributed by atoms with Crippen LogP contribution in [0, 0.1) is 0 Å². The van der Waals surface area contributed by atoms with Crippen LogP contribution in [-0.2, 0) is 11.1 Å². The Labute approximate surface area is 178 Å². The van der Waals surface area contributed by atoms with E-state index in [0.717, 1.165) is 22.1 Å². The minimum absolute atomic E-state index is 0. The minimum Gasteiger partial charge on any atom is -0.480 e. The number of aromatic nitrogens is 6. The van der Waals surface area contributed by atoms with E-state index in [-0.39, 0.29) is 18.5 Å². The predicted octanol–water partition coefficient (Wildman–Crippen LogP) is 4.60. The first-order valence-corrected chi connectivity index (χ1v) is 9.48. The summed E-state index contributed by atoms with van der Waals surface area (Å²) in [4.78, 5) is 16.6. The van der Waals surface area contributed by atoms with Gasteiger partial charge < -0.3 is 19.6 Å². The van der Waals surface area contributed by atoms with E-state index >= 15 is 0 Å². The molecule has 8 heteroatoms. The van der Waals surface area contributed by atoms with Gasteiger partial charge in [-0.3, -0.25) is 0 Å². The van der Waals surface area contributed by atoms with Crippen LogP contribution in [0.1, 0.15) is 49.0 Å². The van der Waals surface area contributed by atoms with Crippen molar-refractivity contribution < 1.29 is 4.74 Å². The van der Waals surface area contributed by atoms with Gasteiger partial charge in [0.15, 0.2) is 0 Å². The van der Waals surface area contributed by atoms with Crippen molar-refractivity contribution in [3.63, 3.8) is 0 Å². The fraction of sp³-hybridized carbons (Fsp3) is 0.455. The summed E-state index contributed by atoms with van der Waals surface area (Å²) >= 11 is 0. The molecule has 4 aromatic heterocycles. The highest BCUT2D eigenvalue weighted by Gasteiger charge is 2.18. The van der Waals surface area contributed by atoms with E-state index in [1.165, 1.54) is 12.7 Å². The van der Waals surface area contributed by atoms with Crippen molar-refractivity contribution >= 4 is 27.9 Å². The third-order valence-electron chi connectivity index (χ3n) is 4.60. The van der Waals surface area contributed by atoms with Gasteiger partial charge in [-0.05, 0) is 53.7 Å². The molecule has 0 aliphatic carbocycles. The summed E-state index contributed by atoms with van der Waals surface area (Å²) in [6.07, 6.45) is 7.04. The van der Waals surface area contributed by atoms with Crippen LogP contribution < -0.4 is 10.5 Å². The lowest BCUT2D eigenvalue weighted by atomic mass is 10.1. The Bertz CT molecular complexity index is 1130. The first-order valence-electron chi connectivity index (χ1n) is 9.48. The standard InChI is InChI=1S/C11H15N3O.C10H14N4.CH4/c1-11(2,3)14-6-5-8-9(14)12-7-13-10(8)15-4;1-10(2,3)14-5-4-7-8(11)12-6-13-9(7)14;/h5-7H,1-4H3;4-6H,1-3H3,(H2,11,12,13);1H4. The normalized spacial score (nSPS) is 11.7. The molecule has 0 unspecified atom stereocenters. The SMILES string of the molecule is C.CC(C)(C)n1ccc2c(N)ncnc21.COc1ncnc2c1ccn2C(C)(C)C. The molecule has 0 atom stereocenters. The van der Waals surface area contributed by atoms with E-state index in [0.29, 0.717) is 11.7 Å². The maximum absolute atomic E-state index is 5.75. The van der Waals surface area contributed by atoms with Crippen LogP contribution >= 0.6 is 0 Å². The van der Waals surface area contributed by atoms with Gasteiger partial charge in [0.1, 0.15) is 29.8 Å². The summed E-state index contributed by atoms with van der Waals surface area (Å²) in [7, 11) is 1.62. The number of ether oxygens (including phenoxy) is 1. The molecule has 162 valence electrons. The van der Waals surface area contributed by atoms with E-state index in [1.54, 1.807) is 7.11 Å². The highest BCUT2D eigenvalue weighted by molar-refractivity contribution is 5.86. The Morgan fingerprint density at radius 2 is 1.23 bits per heavy atom. The number of nitrogens with zero attached hydrogens (tertiary/aromatic N) is 6. The average Bonchev–Trinajstić information content (AvgIpc) is 3.26. The topological polar surface area (TPSA) is 96.7 Å². The van der Waals surface area contributed by atoms with E-state index in [2.05, 4.69) is 70.6 Å². The summed E-state index contributed by atoms with van der Waals surface area (Å²) < 4.78 is 9.40. The number of hydrogen-bond acceptors (Lipinski definition) is 6. The lowest BCUT2D eigenvalue weighted by Gasteiger charge is -2.21. The van der Waals surface area contributed by atoms with Crippen LogP contribution in [0.5, 0.6) is 5.88 Å². The molecule has 0 bridgehead atoms. The molecule has 0 aliphatic heterocycles. The van der Waals surface area contributed by atoms with Crippen LogP contribution in [0.4, 0.5) is 5.82 Å². The molecule has 0 amide bonds. The summed E-state index contributed by atoms with van der Waals surface area (Å²) in [5.41, 5.74) is 7.58. The van der Waals surface area contributed by atoms with E-state index in [9.17, 15) is 0 Å². The van der Waals surface area contributed by atoms with Gasteiger partial charge >= 0.3 is 0 Å². The lowest BCUT2D eigenvalue weighted by molar-refractivity contribution is 0.399. The predicted molar refractivity (Wildman–Crippen MR) is 123 cm³/mol. The first kappa shape index (κ1) is 23.1. The monoisotopic (exact) mass is 411 g/mol. The van der Waals surface area contributed by atoms with Crippen molar-refractivity contribution in [2.45, 2.75) is 60.0 Å². The molecule has 0 fully saturated rings. The molecule has 0 saturated heterocycles. The number of anilines is 1. The Kier molecular flexibility index (Phi) is 6.39. The first-order chi connectivity index (χ1) is 13.5. The summed E-state index contributed by atoms with van der Waals surface area (Å²) in [6.45, 7) is 12.8. The number of rotatable bonds is 1. The van der Waals surface area contributed by atoms with Crippen LogP contribution in [0.25, 0.3) is 22.1 Å². The van der Waals surface area contributed by atoms with Crippen molar-refractivity contribution in [2.75, 3.05) is 12.8 Å². The molecule has 4 heterocycles. The van der Waals surface area contributed by atoms with Crippen molar-refractivity contribution in [3.05, 3.63) is 37.2 Å². The molecule has 0 radical (unpaired) electrons. The van der Waals surface area contributed by atoms with E-state index in [1.807, 2.05) is 24.5 Å². The van der Waals surface area contributed by atoms with Crippen LogP contribution in [0.2, 0.25) is 0 Å². The zero-order chi connectivity index (χ0) is 21.4. The van der Waals surface area contributed by atoms with Gasteiger partial charge in [0.2, 0.25) is 5.88 Å². The second-order valence-electron chi connectivity index (χ2n) is 8.83. The second-order valence-corrected chi connectivity index (χ2v) is 8.83. The van der Waals surface area contributed by atoms with Gasteiger partial charge in [-0.1, -0.05) is 7.43 Å². The largest absolute Gasteiger partial charge is 0.480 e. The Morgan fingerprint density at radius 1 is 0.767 bits per heavy atom. The molecule has 0 aliphatic rings. The molecule has 8 nitrogen and oxygen atoms in total. The molecular formula is C22H33N7O. The number of nitrogens with two attached hydrogens (primary N) is 1. The molecular weight excluding hydrogens is 378 g/mol. The molecule has 0 spiro atoms. The smallest absolute Gasteiger partial charge is 0.225 e. The second kappa shape index (κ2) is 8.30. The summed E-state index contributed by atoms with van der Waals surface area (Å²) in [5.74, 6) is 1.17. The third-order valence-corrected chi connectivity index (χ3v) is 4.60. The highest BCUT2D eigenvalue weighted by Crippen LogP contribution is 2.27. The molecule has 2 N–H and O–H groups in total. The summed E-state index contributed by atoms with van der Waals surface area (Å²) in [6, 6.07) is 3.94. The highest BCUT2D eigenvalue weighted by atomic mass is 16.5. The van der Waals surface area contributed by atoms with Crippen molar-refractivity contribution in [1.29, 1.82) is 0 Å². The fourth-order valence-electron chi connectivity index (χ4n) is 3.14. The van der Waals surface area contributed by atoms with Gasteiger partial charge in [-0.2, -0.15) is 0 Å². The van der Waals surface area contributed by atoms with E-state index in [4.69, 9.17) is 10.5 Å². The Morgan fingerprint density at radius 3 is 1.73 bits per heavy atom. The number of fused-ring (bicyclic) bond motifs is 2. The van der Waals surface area contributed by atoms with Crippen molar-refractivity contribution in [1.82, 2.24) is 29.1 Å². The molecule has 0 aromatic carbocycles. The summed E-state index contributed by atoms with van der Waals surface area (Å²) in [5, 5.41) is 1.87. The van der Waals surface area contributed by atoms with Gasteiger partial charge in [-0.15, -0.1) is 0 Å². The average molecular weight is 412 g/mol. The number of methoxy groups -OCH3 is 1. The maximum Gasteiger partial charge on any atom is 0.225 e. The third kappa shape index (κ3) is 4.37. The van der Waals surface area contributed by atoms with Gasteiger partial charge in [0.25, 0.3) is 0 Å². The lowest BCUT2D eigenvalue weighted by Crippen LogP contribution is -2.20. The maximum atomic E-state index is 5.75. The van der Waals surface area contributed by atoms with Crippen LogP contribution in [0.3, 0.4) is 0 Å². The zero-order valence-electron chi connectivity index (χ0n) is 18.1. The van der Waals surface area contributed by atoms with Crippen molar-refractivity contribution in [2.24, 2.45) is 0 Å². The van der Waals surface area contributed by atoms with Gasteiger partial charge in [0.05, 0.1) is 17.9 Å². The van der Waals surface area contributed by atoms with Crippen LogP contribution in [-0.4, -0.2) is 36.2 Å². The Hall–Kier alpha value is -3.16. The number of hydrogen-bond donors (Lipinski definition) is 1. The minimum atomic E-state index is 0. The molecule has 4 aromatic rings. The Balaban J connectivity index is 0.000000207. The van der Waals surface area contributed by atoms with Gasteiger partial charge in [0, 0.05) is 23.5 Å². The van der Waals surface area contributed by atoms with E-state index < -0.39 is 0 Å². The molecule has 30 heavy (non-hydrogen) atoms. The van der Waals surface area contributed by atoms with Crippen molar-refractivity contribution in [3.8, 4) is 5.88 Å². The molecule has 4 rings (SSSR count).